The number of carboxylic acids is 1. The average Bonchev–Trinajstić information content (AvgIpc) is 2.33. The predicted molar refractivity (Wildman–Crippen MR) is 76.8 cm³/mol. The minimum Gasteiger partial charge on any atom is -0.480 e. The molecule has 6 heteroatoms. The molecule has 0 aromatic carbocycles. The van der Waals surface area contributed by atoms with Crippen LogP contribution in [-0.4, -0.2) is 39.1 Å². The summed E-state index contributed by atoms with van der Waals surface area (Å²) >= 11 is 0. The highest BCUT2D eigenvalue weighted by atomic mass is 16.4. The van der Waals surface area contributed by atoms with E-state index in [1.54, 1.807) is 26.0 Å². The summed E-state index contributed by atoms with van der Waals surface area (Å²) in [6, 6.07) is 3.10. The number of likely N-dealkylation sites (N-methyl/N-ethyl adjacent to an activating group) is 1. The molecule has 0 spiro atoms. The molecule has 2 N–H and O–H groups in total. The summed E-state index contributed by atoms with van der Waals surface area (Å²) in [6.07, 6.45) is 0. The Bertz CT molecular complexity index is 526. The number of nitrogens with zero attached hydrogens (tertiary/aromatic N) is 2. The van der Waals surface area contributed by atoms with Crippen molar-refractivity contribution in [3.63, 3.8) is 0 Å². The maximum absolute atomic E-state index is 12.3. The molecule has 0 fully saturated rings. The molecule has 1 rings (SSSR count). The standard InChI is InChI=1S/C14H21N3O3/c1-6-17(14(4,5)12(18)19)13(20)16-11-8-7-9(2)15-10(11)3/h7-8H,6H2,1-5H3,(H,16,20)(H,18,19). The second-order valence-corrected chi connectivity index (χ2v) is 5.12. The first-order chi connectivity index (χ1) is 9.20. The zero-order valence-corrected chi connectivity index (χ0v) is 12.5. The molecule has 0 saturated carbocycles. The zero-order valence-electron chi connectivity index (χ0n) is 12.5. The molecular formula is C14H21N3O3. The van der Waals surface area contributed by atoms with Crippen LogP contribution in [0.25, 0.3) is 0 Å². The predicted octanol–water partition coefficient (Wildman–Crippen LogP) is 2.42. The number of carboxylic acid groups (broad SMARTS) is 1. The molecule has 0 bridgehead atoms. The van der Waals surface area contributed by atoms with Gasteiger partial charge in [-0.1, -0.05) is 0 Å². The van der Waals surface area contributed by atoms with Crippen LogP contribution in [0.1, 0.15) is 32.2 Å². The number of aliphatic carboxylic acids is 1. The van der Waals surface area contributed by atoms with E-state index in [2.05, 4.69) is 10.3 Å². The minimum atomic E-state index is -1.27. The summed E-state index contributed by atoms with van der Waals surface area (Å²) in [7, 11) is 0. The number of nitrogens with one attached hydrogen (secondary N) is 1. The van der Waals surface area contributed by atoms with Crippen molar-refractivity contribution in [2.75, 3.05) is 11.9 Å². The summed E-state index contributed by atoms with van der Waals surface area (Å²) in [5, 5.41) is 11.9. The third kappa shape index (κ3) is 3.26. The van der Waals surface area contributed by atoms with E-state index < -0.39 is 17.5 Å². The molecule has 0 radical (unpaired) electrons. The summed E-state index contributed by atoms with van der Waals surface area (Å²) < 4.78 is 0. The van der Waals surface area contributed by atoms with Gasteiger partial charge in [-0.3, -0.25) is 4.98 Å². The number of anilines is 1. The molecule has 0 aliphatic heterocycles. The van der Waals surface area contributed by atoms with E-state index in [4.69, 9.17) is 0 Å². The Morgan fingerprint density at radius 1 is 1.35 bits per heavy atom. The van der Waals surface area contributed by atoms with Gasteiger partial charge < -0.3 is 15.3 Å². The second-order valence-electron chi connectivity index (χ2n) is 5.12. The van der Waals surface area contributed by atoms with Crippen molar-refractivity contribution in [3.8, 4) is 0 Å². The number of amides is 2. The number of hydrogen-bond donors (Lipinski definition) is 2. The number of hydrogen-bond acceptors (Lipinski definition) is 3. The SMILES string of the molecule is CCN(C(=O)Nc1ccc(C)nc1C)C(C)(C)C(=O)O. The van der Waals surface area contributed by atoms with Crippen LogP contribution in [0.3, 0.4) is 0 Å². The third-order valence-corrected chi connectivity index (χ3v) is 3.23. The molecular weight excluding hydrogens is 258 g/mol. The van der Waals surface area contributed by atoms with E-state index in [1.165, 1.54) is 18.7 Å². The van der Waals surface area contributed by atoms with E-state index >= 15 is 0 Å². The number of carbonyl (C=O) groups excluding carboxylic acids is 1. The first-order valence-corrected chi connectivity index (χ1v) is 6.46. The van der Waals surface area contributed by atoms with Crippen LogP contribution >= 0.6 is 0 Å². The first-order valence-electron chi connectivity index (χ1n) is 6.46. The summed E-state index contributed by atoms with van der Waals surface area (Å²) in [5.74, 6) is -1.05. The Balaban J connectivity index is 2.96. The van der Waals surface area contributed by atoms with Crippen molar-refractivity contribution < 1.29 is 14.7 Å². The van der Waals surface area contributed by atoms with E-state index in [0.29, 0.717) is 17.9 Å². The van der Waals surface area contributed by atoms with Gasteiger partial charge in [0, 0.05) is 12.2 Å². The van der Waals surface area contributed by atoms with Crippen LogP contribution in [0, 0.1) is 13.8 Å². The highest BCUT2D eigenvalue weighted by Gasteiger charge is 2.37. The van der Waals surface area contributed by atoms with Gasteiger partial charge in [-0.05, 0) is 46.8 Å². The molecule has 6 nitrogen and oxygen atoms in total. The van der Waals surface area contributed by atoms with Crippen molar-refractivity contribution >= 4 is 17.7 Å². The van der Waals surface area contributed by atoms with E-state index in [9.17, 15) is 14.7 Å². The van der Waals surface area contributed by atoms with Gasteiger partial charge in [-0.25, -0.2) is 9.59 Å². The fraction of sp³-hybridized carbons (Fsp3) is 0.500. The fourth-order valence-corrected chi connectivity index (χ4v) is 1.91. The summed E-state index contributed by atoms with van der Waals surface area (Å²) in [5.41, 5.74) is 0.867. The molecule has 0 atom stereocenters. The van der Waals surface area contributed by atoms with Gasteiger partial charge in [0.15, 0.2) is 0 Å². The highest BCUT2D eigenvalue weighted by molar-refractivity contribution is 5.94. The molecule has 20 heavy (non-hydrogen) atoms. The highest BCUT2D eigenvalue weighted by Crippen LogP contribution is 2.18. The van der Waals surface area contributed by atoms with Crippen LogP contribution in [-0.2, 0) is 4.79 Å². The van der Waals surface area contributed by atoms with Gasteiger partial charge in [0.2, 0.25) is 0 Å². The van der Waals surface area contributed by atoms with Crippen molar-refractivity contribution in [1.82, 2.24) is 9.88 Å². The number of urea groups is 1. The Morgan fingerprint density at radius 3 is 2.40 bits per heavy atom. The van der Waals surface area contributed by atoms with Crippen LogP contribution < -0.4 is 5.32 Å². The topological polar surface area (TPSA) is 82.5 Å². The number of carbonyl (C=O) groups is 2. The molecule has 0 aliphatic rings. The first kappa shape index (κ1) is 15.9. The Hall–Kier alpha value is -2.11. The van der Waals surface area contributed by atoms with E-state index in [-0.39, 0.29) is 0 Å². The molecule has 0 saturated heterocycles. The van der Waals surface area contributed by atoms with Crippen molar-refractivity contribution in [2.24, 2.45) is 0 Å². The van der Waals surface area contributed by atoms with Crippen molar-refractivity contribution in [2.45, 2.75) is 40.2 Å². The van der Waals surface area contributed by atoms with E-state index in [0.717, 1.165) is 5.69 Å². The smallest absolute Gasteiger partial charge is 0.329 e. The van der Waals surface area contributed by atoms with Gasteiger partial charge in [0.1, 0.15) is 5.54 Å². The van der Waals surface area contributed by atoms with Crippen molar-refractivity contribution in [3.05, 3.63) is 23.5 Å². The number of rotatable bonds is 4. The Kier molecular flexibility index (Phi) is 4.70. The lowest BCUT2D eigenvalue weighted by Gasteiger charge is -2.34. The van der Waals surface area contributed by atoms with Crippen LogP contribution in [0.15, 0.2) is 12.1 Å². The Morgan fingerprint density at radius 2 is 1.95 bits per heavy atom. The molecule has 1 aromatic heterocycles. The molecule has 2 amide bonds. The molecule has 1 heterocycles. The third-order valence-electron chi connectivity index (χ3n) is 3.23. The molecule has 0 aliphatic carbocycles. The number of aromatic nitrogens is 1. The Labute approximate surface area is 118 Å². The van der Waals surface area contributed by atoms with Gasteiger partial charge in [-0.15, -0.1) is 0 Å². The lowest BCUT2D eigenvalue weighted by atomic mass is 10.0. The minimum absolute atomic E-state index is 0.295. The van der Waals surface area contributed by atoms with Gasteiger partial charge in [0.05, 0.1) is 11.4 Å². The van der Waals surface area contributed by atoms with Gasteiger partial charge in [0.25, 0.3) is 0 Å². The quantitative estimate of drug-likeness (QED) is 0.886. The molecule has 110 valence electrons. The van der Waals surface area contributed by atoms with Crippen LogP contribution in [0.5, 0.6) is 0 Å². The zero-order chi connectivity index (χ0) is 15.5. The van der Waals surface area contributed by atoms with E-state index in [1.807, 2.05) is 6.92 Å². The average molecular weight is 279 g/mol. The lowest BCUT2D eigenvalue weighted by molar-refractivity contribution is -0.147. The lowest BCUT2D eigenvalue weighted by Crippen LogP contribution is -2.54. The largest absolute Gasteiger partial charge is 0.480 e. The summed E-state index contributed by atoms with van der Waals surface area (Å²) in [4.78, 5) is 29.0. The van der Waals surface area contributed by atoms with Gasteiger partial charge in [-0.2, -0.15) is 0 Å². The van der Waals surface area contributed by atoms with Gasteiger partial charge >= 0.3 is 12.0 Å². The number of pyridine rings is 1. The number of aryl methyl sites for hydroxylation is 2. The van der Waals surface area contributed by atoms with Crippen LogP contribution in [0.4, 0.5) is 10.5 Å². The summed E-state index contributed by atoms with van der Waals surface area (Å²) in [6.45, 7) is 8.69. The monoisotopic (exact) mass is 279 g/mol. The normalized spacial score (nSPS) is 11.1. The molecule has 0 unspecified atom stereocenters. The van der Waals surface area contributed by atoms with Crippen molar-refractivity contribution in [1.29, 1.82) is 0 Å². The maximum Gasteiger partial charge on any atom is 0.329 e. The molecule has 1 aromatic rings. The van der Waals surface area contributed by atoms with Crippen LogP contribution in [0.2, 0.25) is 0 Å². The maximum atomic E-state index is 12.3. The second kappa shape index (κ2) is 5.90. The fourth-order valence-electron chi connectivity index (χ4n) is 1.91.